The summed E-state index contributed by atoms with van der Waals surface area (Å²) in [5, 5.41) is 1.55. The van der Waals surface area contributed by atoms with Crippen LogP contribution in [-0.2, 0) is 22.3 Å². The second kappa shape index (κ2) is 7.92. The van der Waals surface area contributed by atoms with E-state index in [2.05, 4.69) is 5.32 Å². The molecule has 3 rings (SSSR count). The lowest BCUT2D eigenvalue weighted by Gasteiger charge is -2.15. The van der Waals surface area contributed by atoms with Crippen LogP contribution in [0.15, 0.2) is 12.1 Å². The van der Waals surface area contributed by atoms with Crippen molar-refractivity contribution in [1.82, 2.24) is 0 Å². The molecule has 1 N–H and O–H groups in total. The summed E-state index contributed by atoms with van der Waals surface area (Å²) in [5.41, 5.74) is -2.25. The van der Waals surface area contributed by atoms with Crippen molar-refractivity contribution in [2.75, 3.05) is 11.9 Å². The number of benzene rings is 1. The molecule has 0 spiro atoms. The van der Waals surface area contributed by atoms with Crippen molar-refractivity contribution >= 4 is 39.8 Å². The lowest BCUT2D eigenvalue weighted by molar-refractivity contribution is -0.138. The van der Waals surface area contributed by atoms with Crippen LogP contribution < -0.4 is 5.32 Å². The van der Waals surface area contributed by atoms with E-state index in [-0.39, 0.29) is 23.8 Å². The third kappa shape index (κ3) is 3.96. The molecular formula is C18H14ClF4NO4S. The molecule has 1 aromatic heterocycles. The van der Waals surface area contributed by atoms with Gasteiger partial charge in [-0.25, -0.2) is 9.18 Å². The summed E-state index contributed by atoms with van der Waals surface area (Å²) in [6.07, 6.45) is -5.46. The molecule has 2 heterocycles. The number of carbonyl (C=O) groups is 2. The molecular weight excluding hydrogens is 438 g/mol. The van der Waals surface area contributed by atoms with Gasteiger partial charge < -0.3 is 14.8 Å². The molecule has 5 nitrogen and oxygen atoms in total. The number of carbonyl (C=O) groups excluding carboxylic acids is 2. The van der Waals surface area contributed by atoms with Gasteiger partial charge in [-0.15, -0.1) is 11.3 Å². The number of anilines is 1. The fourth-order valence-corrected chi connectivity index (χ4v) is 4.33. The lowest BCUT2D eigenvalue weighted by Crippen LogP contribution is -2.21. The molecule has 0 saturated carbocycles. The highest BCUT2D eigenvalue weighted by molar-refractivity contribution is 7.17. The molecule has 0 aliphatic carbocycles. The molecule has 0 radical (unpaired) electrons. The number of hydrogen-bond acceptors (Lipinski definition) is 5. The van der Waals surface area contributed by atoms with Gasteiger partial charge in [-0.3, -0.25) is 4.79 Å². The molecule has 1 amide bonds. The number of alkyl halides is 3. The molecule has 1 aliphatic rings. The van der Waals surface area contributed by atoms with Gasteiger partial charge in [0.2, 0.25) is 0 Å². The molecule has 1 aliphatic heterocycles. The zero-order chi connectivity index (χ0) is 21.5. The van der Waals surface area contributed by atoms with Crippen molar-refractivity contribution < 1.29 is 36.6 Å². The Morgan fingerprint density at radius 1 is 1.34 bits per heavy atom. The van der Waals surface area contributed by atoms with Crippen LogP contribution in [-0.4, -0.2) is 18.5 Å². The number of esters is 1. The summed E-state index contributed by atoms with van der Waals surface area (Å²) >= 11 is 6.53. The van der Waals surface area contributed by atoms with Crippen molar-refractivity contribution in [3.63, 3.8) is 0 Å². The van der Waals surface area contributed by atoms with E-state index in [4.69, 9.17) is 21.1 Å². The molecule has 0 fully saturated rings. The average molecular weight is 452 g/mol. The van der Waals surface area contributed by atoms with Gasteiger partial charge >= 0.3 is 12.1 Å². The fourth-order valence-electron chi connectivity index (χ4n) is 2.98. The summed E-state index contributed by atoms with van der Waals surface area (Å²) < 4.78 is 64.6. The van der Waals surface area contributed by atoms with Crippen LogP contribution in [0.2, 0.25) is 5.02 Å². The van der Waals surface area contributed by atoms with Crippen LogP contribution in [0, 0.1) is 5.82 Å². The summed E-state index contributed by atoms with van der Waals surface area (Å²) in [7, 11) is 0. The molecule has 11 heteroatoms. The first-order chi connectivity index (χ1) is 13.6. The molecule has 0 bridgehead atoms. The van der Waals surface area contributed by atoms with Gasteiger partial charge in [-0.1, -0.05) is 11.6 Å². The van der Waals surface area contributed by atoms with Gasteiger partial charge in [0, 0.05) is 10.4 Å². The maximum atomic E-state index is 14.3. The highest BCUT2D eigenvalue weighted by Crippen LogP contribution is 2.44. The van der Waals surface area contributed by atoms with Crippen molar-refractivity contribution in [2.24, 2.45) is 0 Å². The Bertz CT molecular complexity index is 989. The molecule has 29 heavy (non-hydrogen) atoms. The first-order valence-electron chi connectivity index (χ1n) is 8.37. The Hall–Kier alpha value is -2.17. The van der Waals surface area contributed by atoms with Gasteiger partial charge in [-0.2, -0.15) is 13.2 Å². The average Bonchev–Trinajstić information content (AvgIpc) is 3.15. The number of rotatable bonds is 4. The molecule has 2 aromatic rings. The number of ether oxygens (including phenoxy) is 2. The number of nitrogens with one attached hydrogen (secondary N) is 1. The van der Waals surface area contributed by atoms with E-state index in [1.54, 1.807) is 13.8 Å². The van der Waals surface area contributed by atoms with Crippen LogP contribution >= 0.6 is 22.9 Å². The minimum atomic E-state index is -4.98. The molecule has 1 unspecified atom stereocenters. The monoisotopic (exact) mass is 451 g/mol. The highest BCUT2D eigenvalue weighted by atomic mass is 35.5. The summed E-state index contributed by atoms with van der Waals surface area (Å²) in [6.45, 7) is 3.49. The number of thiophene rings is 1. The van der Waals surface area contributed by atoms with E-state index in [0.717, 1.165) is 17.4 Å². The van der Waals surface area contributed by atoms with E-state index in [0.29, 0.717) is 16.5 Å². The Balaban J connectivity index is 2.07. The number of amides is 1. The van der Waals surface area contributed by atoms with E-state index in [9.17, 15) is 27.2 Å². The molecule has 0 saturated heterocycles. The Labute approximate surface area is 171 Å². The largest absolute Gasteiger partial charge is 0.462 e. The predicted molar refractivity (Wildman–Crippen MR) is 97.8 cm³/mol. The second-order valence-electron chi connectivity index (χ2n) is 6.05. The van der Waals surface area contributed by atoms with E-state index >= 15 is 0 Å². The minimum Gasteiger partial charge on any atom is -0.462 e. The molecule has 156 valence electrons. The first-order valence-corrected chi connectivity index (χ1v) is 9.56. The fraction of sp³-hybridized carbons (Fsp3) is 0.333. The zero-order valence-corrected chi connectivity index (χ0v) is 16.6. The van der Waals surface area contributed by atoms with Gasteiger partial charge in [0.1, 0.15) is 10.6 Å². The van der Waals surface area contributed by atoms with Crippen LogP contribution in [0.4, 0.5) is 22.6 Å². The standard InChI is InChI=1S/C18H14ClF4NO4S/c1-3-27-17(26)13-11-7(2)28-6-10(11)29-16(13)24-15(25)12-8(18(21,22)23)4-5-9(19)14(12)20/h4-5,7H,3,6H2,1-2H3,(H,24,25). The summed E-state index contributed by atoms with van der Waals surface area (Å²) in [6, 6.07) is 1.25. The maximum Gasteiger partial charge on any atom is 0.417 e. The van der Waals surface area contributed by atoms with Crippen LogP contribution in [0.1, 0.15) is 56.7 Å². The second-order valence-corrected chi connectivity index (χ2v) is 7.56. The minimum absolute atomic E-state index is 0.0128. The van der Waals surface area contributed by atoms with Gasteiger partial charge in [0.05, 0.1) is 35.5 Å². The normalized spacial score (nSPS) is 15.9. The van der Waals surface area contributed by atoms with E-state index in [1.165, 1.54) is 0 Å². The maximum absolute atomic E-state index is 14.3. The van der Waals surface area contributed by atoms with Crippen LogP contribution in [0.25, 0.3) is 0 Å². The Morgan fingerprint density at radius 2 is 2.03 bits per heavy atom. The third-order valence-electron chi connectivity index (χ3n) is 4.23. The third-order valence-corrected chi connectivity index (χ3v) is 5.61. The lowest BCUT2D eigenvalue weighted by atomic mass is 10.0. The van der Waals surface area contributed by atoms with Crippen LogP contribution in [0.5, 0.6) is 0 Å². The van der Waals surface area contributed by atoms with Crippen molar-refractivity contribution in [2.45, 2.75) is 32.7 Å². The topological polar surface area (TPSA) is 64.6 Å². The van der Waals surface area contributed by atoms with Gasteiger partial charge in [-0.05, 0) is 26.0 Å². The SMILES string of the molecule is CCOC(=O)c1c(NC(=O)c2c(C(F)(F)F)ccc(Cl)c2F)sc2c1C(C)OC2. The predicted octanol–water partition coefficient (Wildman–Crippen LogP) is 5.58. The summed E-state index contributed by atoms with van der Waals surface area (Å²) in [4.78, 5) is 25.6. The number of fused-ring (bicyclic) bond motifs is 1. The van der Waals surface area contributed by atoms with Gasteiger partial charge in [0.25, 0.3) is 5.91 Å². The van der Waals surface area contributed by atoms with Crippen LogP contribution in [0.3, 0.4) is 0 Å². The number of hydrogen-bond donors (Lipinski definition) is 1. The Morgan fingerprint density at radius 3 is 2.66 bits per heavy atom. The van der Waals surface area contributed by atoms with Crippen molar-refractivity contribution in [3.05, 3.63) is 50.1 Å². The first kappa shape index (κ1) is 21.5. The van der Waals surface area contributed by atoms with E-state index in [1.807, 2.05) is 0 Å². The van der Waals surface area contributed by atoms with Gasteiger partial charge in [0.15, 0.2) is 5.82 Å². The zero-order valence-electron chi connectivity index (χ0n) is 15.1. The molecule has 1 aromatic carbocycles. The Kier molecular flexibility index (Phi) is 5.88. The van der Waals surface area contributed by atoms with E-state index < -0.39 is 46.1 Å². The quantitative estimate of drug-likeness (QED) is 0.487. The smallest absolute Gasteiger partial charge is 0.417 e. The summed E-state index contributed by atoms with van der Waals surface area (Å²) in [5.74, 6) is -3.64. The van der Waals surface area contributed by atoms with Crippen molar-refractivity contribution in [3.8, 4) is 0 Å². The highest BCUT2D eigenvalue weighted by Gasteiger charge is 2.39. The number of halogens is 5. The van der Waals surface area contributed by atoms with Crippen molar-refractivity contribution in [1.29, 1.82) is 0 Å². The molecule has 1 atom stereocenters.